The predicted molar refractivity (Wildman–Crippen MR) is 74.5 cm³/mol. The number of methoxy groups -OCH3 is 1. The number of urea groups is 1. The van der Waals surface area contributed by atoms with Crippen LogP contribution in [-0.2, 0) is 0 Å². The largest absolute Gasteiger partial charge is 0.495 e. The number of amides is 2. The maximum Gasteiger partial charge on any atom is 0.319 e. The Morgan fingerprint density at radius 1 is 1.50 bits per heavy atom. The van der Waals surface area contributed by atoms with Gasteiger partial charge in [-0.05, 0) is 36.8 Å². The molecule has 0 spiro atoms. The van der Waals surface area contributed by atoms with Gasteiger partial charge in [0.05, 0.1) is 12.8 Å². The molecule has 0 unspecified atom stereocenters. The molecule has 1 saturated carbocycles. The van der Waals surface area contributed by atoms with Gasteiger partial charge >= 0.3 is 6.03 Å². The molecule has 2 amide bonds. The lowest BCUT2D eigenvalue weighted by Crippen LogP contribution is -2.31. The Kier molecular flexibility index (Phi) is 4.01. The molecule has 0 radical (unpaired) electrons. The van der Waals surface area contributed by atoms with E-state index in [0.717, 1.165) is 11.3 Å². The minimum Gasteiger partial charge on any atom is -0.495 e. The summed E-state index contributed by atoms with van der Waals surface area (Å²) in [5, 5.41) is 5.74. The first-order valence-electron chi connectivity index (χ1n) is 5.93. The standard InChI is InChI=1S/C13H18N2O2S/c1-8-6-11(8)15-13(16)14-10-5-4-9(18-3)7-12(10)17-2/h4-5,7-8,11H,6H2,1-3H3,(H2,14,15,16)/t8-,11-/m1/s1. The van der Waals surface area contributed by atoms with Crippen molar-refractivity contribution >= 4 is 23.5 Å². The molecule has 1 aliphatic carbocycles. The Morgan fingerprint density at radius 2 is 2.22 bits per heavy atom. The molecular weight excluding hydrogens is 248 g/mol. The van der Waals surface area contributed by atoms with Crippen LogP contribution in [0.25, 0.3) is 0 Å². The highest BCUT2D eigenvalue weighted by molar-refractivity contribution is 7.98. The fraction of sp³-hybridized carbons (Fsp3) is 0.462. The van der Waals surface area contributed by atoms with E-state index in [1.165, 1.54) is 0 Å². The molecule has 0 saturated heterocycles. The van der Waals surface area contributed by atoms with Crippen LogP contribution in [0.4, 0.5) is 10.5 Å². The summed E-state index contributed by atoms with van der Waals surface area (Å²) in [6.45, 7) is 2.12. The molecule has 98 valence electrons. The van der Waals surface area contributed by atoms with Crippen molar-refractivity contribution in [1.82, 2.24) is 5.32 Å². The maximum atomic E-state index is 11.7. The molecule has 1 aliphatic rings. The molecule has 2 atom stereocenters. The fourth-order valence-corrected chi connectivity index (χ4v) is 2.18. The van der Waals surface area contributed by atoms with Crippen LogP contribution < -0.4 is 15.4 Å². The second-order valence-corrected chi connectivity index (χ2v) is 5.36. The molecule has 1 fully saturated rings. The van der Waals surface area contributed by atoms with Gasteiger partial charge in [-0.25, -0.2) is 4.79 Å². The Labute approximate surface area is 111 Å². The van der Waals surface area contributed by atoms with E-state index in [4.69, 9.17) is 4.74 Å². The summed E-state index contributed by atoms with van der Waals surface area (Å²) in [4.78, 5) is 12.9. The van der Waals surface area contributed by atoms with Gasteiger partial charge in [-0.2, -0.15) is 0 Å². The zero-order valence-electron chi connectivity index (χ0n) is 10.8. The zero-order chi connectivity index (χ0) is 13.1. The predicted octanol–water partition coefficient (Wildman–Crippen LogP) is 2.95. The number of hydrogen-bond donors (Lipinski definition) is 2. The van der Waals surface area contributed by atoms with E-state index in [9.17, 15) is 4.79 Å². The third kappa shape index (κ3) is 3.10. The molecule has 18 heavy (non-hydrogen) atoms. The van der Waals surface area contributed by atoms with Gasteiger partial charge in [-0.3, -0.25) is 0 Å². The maximum absolute atomic E-state index is 11.7. The van der Waals surface area contributed by atoms with E-state index >= 15 is 0 Å². The smallest absolute Gasteiger partial charge is 0.319 e. The molecule has 0 aliphatic heterocycles. The molecular formula is C13H18N2O2S. The number of hydrogen-bond acceptors (Lipinski definition) is 3. The molecule has 1 aromatic rings. The second-order valence-electron chi connectivity index (χ2n) is 4.48. The lowest BCUT2D eigenvalue weighted by molar-refractivity contribution is 0.251. The third-order valence-electron chi connectivity index (χ3n) is 3.08. The van der Waals surface area contributed by atoms with Crippen molar-refractivity contribution in [3.63, 3.8) is 0 Å². The van der Waals surface area contributed by atoms with E-state index in [1.54, 1.807) is 18.9 Å². The molecule has 0 aromatic heterocycles. The van der Waals surface area contributed by atoms with Gasteiger partial charge in [0, 0.05) is 10.9 Å². The number of carbonyl (C=O) groups is 1. The van der Waals surface area contributed by atoms with Crippen LogP contribution in [0.1, 0.15) is 13.3 Å². The van der Waals surface area contributed by atoms with Crippen molar-refractivity contribution in [3.05, 3.63) is 18.2 Å². The number of ether oxygens (including phenoxy) is 1. The molecule has 2 N–H and O–H groups in total. The topological polar surface area (TPSA) is 50.4 Å². The Morgan fingerprint density at radius 3 is 2.78 bits per heavy atom. The minimum absolute atomic E-state index is 0.167. The first-order valence-corrected chi connectivity index (χ1v) is 7.16. The monoisotopic (exact) mass is 266 g/mol. The number of rotatable bonds is 4. The van der Waals surface area contributed by atoms with Crippen LogP contribution >= 0.6 is 11.8 Å². The average molecular weight is 266 g/mol. The van der Waals surface area contributed by atoms with Crippen LogP contribution in [0.3, 0.4) is 0 Å². The van der Waals surface area contributed by atoms with Gasteiger partial charge in [0.25, 0.3) is 0 Å². The van der Waals surface area contributed by atoms with Crippen LogP contribution in [0, 0.1) is 5.92 Å². The first-order chi connectivity index (χ1) is 8.63. The second kappa shape index (κ2) is 5.52. The lowest BCUT2D eigenvalue weighted by atomic mass is 10.3. The summed E-state index contributed by atoms with van der Waals surface area (Å²) < 4.78 is 5.27. The van der Waals surface area contributed by atoms with E-state index in [0.29, 0.717) is 23.4 Å². The SMILES string of the molecule is COc1cc(SC)ccc1NC(=O)N[C@@H]1C[C@H]1C. The fourth-order valence-electron chi connectivity index (χ4n) is 1.75. The highest BCUT2D eigenvalue weighted by Crippen LogP contribution is 2.31. The first kappa shape index (κ1) is 13.1. The van der Waals surface area contributed by atoms with E-state index in [1.807, 2.05) is 24.5 Å². The number of thioether (sulfide) groups is 1. The summed E-state index contributed by atoms with van der Waals surface area (Å²) in [5.74, 6) is 1.28. The van der Waals surface area contributed by atoms with Gasteiger partial charge in [0.1, 0.15) is 5.75 Å². The van der Waals surface area contributed by atoms with Gasteiger partial charge in [0.15, 0.2) is 0 Å². The van der Waals surface area contributed by atoms with Gasteiger partial charge < -0.3 is 15.4 Å². The highest BCUT2D eigenvalue weighted by Gasteiger charge is 2.33. The van der Waals surface area contributed by atoms with E-state index < -0.39 is 0 Å². The summed E-state index contributed by atoms with van der Waals surface area (Å²) in [6, 6.07) is 5.89. The average Bonchev–Trinajstić information content (AvgIpc) is 3.05. The van der Waals surface area contributed by atoms with Crippen molar-refractivity contribution in [2.45, 2.75) is 24.3 Å². The van der Waals surface area contributed by atoms with Crippen LogP contribution in [0.5, 0.6) is 5.75 Å². The van der Waals surface area contributed by atoms with Gasteiger partial charge in [-0.1, -0.05) is 6.92 Å². The van der Waals surface area contributed by atoms with Crippen molar-refractivity contribution in [3.8, 4) is 5.75 Å². The van der Waals surface area contributed by atoms with Gasteiger partial charge in [-0.15, -0.1) is 11.8 Å². The molecule has 5 heteroatoms. The molecule has 1 aromatic carbocycles. The third-order valence-corrected chi connectivity index (χ3v) is 3.81. The highest BCUT2D eigenvalue weighted by atomic mass is 32.2. The van der Waals surface area contributed by atoms with Crippen molar-refractivity contribution in [1.29, 1.82) is 0 Å². The quantitative estimate of drug-likeness (QED) is 0.824. The summed E-state index contributed by atoms with van der Waals surface area (Å²) in [5.41, 5.74) is 0.695. The van der Waals surface area contributed by atoms with Crippen LogP contribution in [0.15, 0.2) is 23.1 Å². The molecule has 0 heterocycles. The minimum atomic E-state index is -0.167. The number of carbonyl (C=O) groups excluding carboxylic acids is 1. The summed E-state index contributed by atoms with van der Waals surface area (Å²) in [6.07, 6.45) is 3.07. The van der Waals surface area contributed by atoms with Crippen LogP contribution in [0.2, 0.25) is 0 Å². The molecule has 0 bridgehead atoms. The summed E-state index contributed by atoms with van der Waals surface area (Å²) >= 11 is 1.64. The number of benzene rings is 1. The van der Waals surface area contributed by atoms with Crippen molar-refractivity contribution in [2.75, 3.05) is 18.7 Å². The number of nitrogens with one attached hydrogen (secondary N) is 2. The zero-order valence-corrected chi connectivity index (χ0v) is 11.6. The number of anilines is 1. The summed E-state index contributed by atoms with van der Waals surface area (Å²) in [7, 11) is 1.60. The Balaban J connectivity index is 2.01. The molecule has 2 rings (SSSR count). The van der Waals surface area contributed by atoms with Gasteiger partial charge in [0.2, 0.25) is 0 Å². The molecule has 4 nitrogen and oxygen atoms in total. The van der Waals surface area contributed by atoms with Crippen LogP contribution in [-0.4, -0.2) is 25.4 Å². The Hall–Kier alpha value is -1.36. The van der Waals surface area contributed by atoms with E-state index in [-0.39, 0.29) is 6.03 Å². The van der Waals surface area contributed by atoms with E-state index in [2.05, 4.69) is 17.6 Å². The Bertz CT molecular complexity index is 451. The van der Waals surface area contributed by atoms with Crippen molar-refractivity contribution in [2.24, 2.45) is 5.92 Å². The normalized spacial score (nSPS) is 21.3. The lowest BCUT2D eigenvalue weighted by Gasteiger charge is -2.12. The van der Waals surface area contributed by atoms with Crippen molar-refractivity contribution < 1.29 is 9.53 Å².